The Bertz CT molecular complexity index is 706. The highest BCUT2D eigenvalue weighted by Gasteiger charge is 2.24. The summed E-state index contributed by atoms with van der Waals surface area (Å²) in [5.74, 6) is -0.467. The van der Waals surface area contributed by atoms with Crippen LogP contribution in [0.1, 0.15) is 10.4 Å². The van der Waals surface area contributed by atoms with Crippen molar-refractivity contribution < 1.29 is 14.5 Å². The van der Waals surface area contributed by atoms with Crippen LogP contribution in [-0.4, -0.2) is 22.9 Å². The van der Waals surface area contributed by atoms with E-state index in [-0.39, 0.29) is 16.5 Å². The summed E-state index contributed by atoms with van der Waals surface area (Å²) >= 11 is 5.77. The predicted octanol–water partition coefficient (Wildman–Crippen LogP) is 2.90. The number of carbonyl (C=O) groups is 1. The summed E-state index contributed by atoms with van der Waals surface area (Å²) in [7, 11) is 1.40. The zero-order chi connectivity index (χ0) is 15.4. The fourth-order valence-electron chi connectivity index (χ4n) is 1.72. The Hall–Kier alpha value is -2.67. The van der Waals surface area contributed by atoms with E-state index in [1.807, 2.05) is 0 Å². The fraction of sp³-hybridized carbons (Fsp3) is 0.0769. The van der Waals surface area contributed by atoms with Gasteiger partial charge in [0, 0.05) is 6.20 Å². The van der Waals surface area contributed by atoms with Crippen LogP contribution in [0.4, 0.5) is 11.4 Å². The standard InChI is InChI=1S/C13H10ClN3O4/c1-21-13-10(6-3-7-15-13)16-12(18)8-4-2-5-9(14)11(8)17(19)20/h2-7H,1H3,(H,16,18). The second-order valence-corrected chi connectivity index (χ2v) is 4.31. The number of pyridine rings is 1. The van der Waals surface area contributed by atoms with Gasteiger partial charge in [0.2, 0.25) is 5.88 Å². The quantitative estimate of drug-likeness (QED) is 0.692. The van der Waals surface area contributed by atoms with Gasteiger partial charge in [-0.25, -0.2) is 4.98 Å². The van der Waals surface area contributed by atoms with Gasteiger partial charge in [-0.15, -0.1) is 0 Å². The molecule has 0 saturated carbocycles. The summed E-state index contributed by atoms with van der Waals surface area (Å²) in [6.07, 6.45) is 1.50. The number of hydrogen-bond donors (Lipinski definition) is 1. The van der Waals surface area contributed by atoms with Crippen molar-refractivity contribution in [1.29, 1.82) is 0 Å². The number of benzene rings is 1. The van der Waals surface area contributed by atoms with Crippen molar-refractivity contribution >= 4 is 28.9 Å². The lowest BCUT2D eigenvalue weighted by molar-refractivity contribution is -0.385. The van der Waals surface area contributed by atoms with Crippen LogP contribution < -0.4 is 10.1 Å². The summed E-state index contributed by atoms with van der Waals surface area (Å²) in [6.45, 7) is 0. The Morgan fingerprint density at radius 3 is 2.81 bits per heavy atom. The van der Waals surface area contributed by atoms with Crippen molar-refractivity contribution in [2.45, 2.75) is 0 Å². The number of amides is 1. The van der Waals surface area contributed by atoms with Crippen LogP contribution in [0.15, 0.2) is 36.5 Å². The molecule has 1 N–H and O–H groups in total. The number of halogens is 1. The number of anilines is 1. The van der Waals surface area contributed by atoms with Gasteiger partial charge in [-0.3, -0.25) is 14.9 Å². The molecule has 108 valence electrons. The molecule has 0 saturated heterocycles. The summed E-state index contributed by atoms with van der Waals surface area (Å²) in [5.41, 5.74) is -0.280. The number of rotatable bonds is 4. The van der Waals surface area contributed by atoms with E-state index in [1.54, 1.807) is 12.1 Å². The average Bonchev–Trinajstić information content (AvgIpc) is 2.47. The van der Waals surface area contributed by atoms with Crippen LogP contribution >= 0.6 is 11.6 Å². The molecule has 2 rings (SSSR count). The highest BCUT2D eigenvalue weighted by atomic mass is 35.5. The number of nitrogens with one attached hydrogen (secondary N) is 1. The largest absolute Gasteiger partial charge is 0.480 e. The molecule has 0 atom stereocenters. The first-order valence-electron chi connectivity index (χ1n) is 5.78. The maximum absolute atomic E-state index is 12.2. The van der Waals surface area contributed by atoms with E-state index < -0.39 is 16.5 Å². The van der Waals surface area contributed by atoms with Gasteiger partial charge in [0.25, 0.3) is 5.91 Å². The van der Waals surface area contributed by atoms with Gasteiger partial charge >= 0.3 is 5.69 Å². The fourth-order valence-corrected chi connectivity index (χ4v) is 1.97. The van der Waals surface area contributed by atoms with Gasteiger partial charge in [0.05, 0.1) is 12.0 Å². The van der Waals surface area contributed by atoms with E-state index >= 15 is 0 Å². The summed E-state index contributed by atoms with van der Waals surface area (Å²) in [4.78, 5) is 26.5. The van der Waals surface area contributed by atoms with Crippen LogP contribution in [0, 0.1) is 10.1 Å². The lowest BCUT2D eigenvalue weighted by atomic mass is 10.1. The van der Waals surface area contributed by atoms with E-state index in [9.17, 15) is 14.9 Å². The van der Waals surface area contributed by atoms with E-state index in [0.717, 1.165) is 0 Å². The van der Waals surface area contributed by atoms with Crippen molar-refractivity contribution in [1.82, 2.24) is 4.98 Å². The maximum atomic E-state index is 12.2. The van der Waals surface area contributed by atoms with E-state index in [4.69, 9.17) is 16.3 Å². The van der Waals surface area contributed by atoms with Crippen LogP contribution in [0.3, 0.4) is 0 Å². The molecule has 0 bridgehead atoms. The first kappa shape index (κ1) is 14.7. The molecule has 0 unspecified atom stereocenters. The predicted molar refractivity (Wildman–Crippen MR) is 76.8 cm³/mol. The van der Waals surface area contributed by atoms with Crippen LogP contribution in [0.25, 0.3) is 0 Å². The summed E-state index contributed by atoms with van der Waals surface area (Å²) < 4.78 is 5.00. The molecule has 0 aliphatic carbocycles. The monoisotopic (exact) mass is 307 g/mol. The lowest BCUT2D eigenvalue weighted by Gasteiger charge is -2.09. The Morgan fingerprint density at radius 2 is 2.14 bits per heavy atom. The molecule has 1 heterocycles. The van der Waals surface area contributed by atoms with Crippen LogP contribution in [-0.2, 0) is 0 Å². The van der Waals surface area contributed by atoms with Crippen LogP contribution in [0.2, 0.25) is 5.02 Å². The molecule has 1 aromatic carbocycles. The topological polar surface area (TPSA) is 94.4 Å². The first-order valence-corrected chi connectivity index (χ1v) is 6.15. The number of nitrogens with zero attached hydrogens (tertiary/aromatic N) is 2. The zero-order valence-electron chi connectivity index (χ0n) is 10.9. The number of aromatic nitrogens is 1. The number of para-hydroxylation sites is 1. The van der Waals surface area contributed by atoms with Crippen molar-refractivity contribution in [3.8, 4) is 5.88 Å². The number of nitro groups is 1. The number of methoxy groups -OCH3 is 1. The van der Waals surface area contributed by atoms with E-state index in [2.05, 4.69) is 10.3 Å². The maximum Gasteiger partial charge on any atom is 0.300 e. The van der Waals surface area contributed by atoms with Gasteiger partial charge in [0.15, 0.2) is 0 Å². The molecule has 0 aliphatic heterocycles. The van der Waals surface area contributed by atoms with Gasteiger partial charge < -0.3 is 10.1 Å². The average molecular weight is 308 g/mol. The molecule has 0 radical (unpaired) electrons. The molecule has 1 aromatic heterocycles. The Morgan fingerprint density at radius 1 is 1.38 bits per heavy atom. The minimum atomic E-state index is -0.697. The number of hydrogen-bond acceptors (Lipinski definition) is 5. The molecule has 0 aliphatic rings. The highest BCUT2D eigenvalue weighted by Crippen LogP contribution is 2.29. The molecule has 7 nitrogen and oxygen atoms in total. The third kappa shape index (κ3) is 3.09. The Kier molecular flexibility index (Phi) is 4.34. The van der Waals surface area contributed by atoms with E-state index in [1.165, 1.54) is 31.5 Å². The van der Waals surface area contributed by atoms with Gasteiger partial charge in [0.1, 0.15) is 16.3 Å². The molecule has 2 aromatic rings. The number of nitro benzene ring substituents is 1. The van der Waals surface area contributed by atoms with Crippen molar-refractivity contribution in [2.75, 3.05) is 12.4 Å². The number of ether oxygens (including phenoxy) is 1. The lowest BCUT2D eigenvalue weighted by Crippen LogP contribution is -2.15. The van der Waals surface area contributed by atoms with E-state index in [0.29, 0.717) is 5.69 Å². The second kappa shape index (κ2) is 6.19. The number of carbonyl (C=O) groups excluding carboxylic acids is 1. The molecular formula is C13H10ClN3O4. The van der Waals surface area contributed by atoms with Gasteiger partial charge in [-0.2, -0.15) is 0 Å². The van der Waals surface area contributed by atoms with Gasteiger partial charge in [-0.1, -0.05) is 17.7 Å². The second-order valence-electron chi connectivity index (χ2n) is 3.91. The third-order valence-electron chi connectivity index (χ3n) is 2.63. The molecule has 8 heteroatoms. The molecule has 0 fully saturated rings. The Labute approximate surface area is 124 Å². The minimum absolute atomic E-state index is 0.106. The first-order chi connectivity index (χ1) is 10.0. The van der Waals surface area contributed by atoms with Crippen LogP contribution in [0.5, 0.6) is 5.88 Å². The molecule has 0 spiro atoms. The smallest absolute Gasteiger partial charge is 0.300 e. The van der Waals surface area contributed by atoms with Crippen molar-refractivity contribution in [3.05, 3.63) is 57.2 Å². The zero-order valence-corrected chi connectivity index (χ0v) is 11.6. The normalized spacial score (nSPS) is 10.0. The summed E-state index contributed by atoms with van der Waals surface area (Å²) in [5, 5.41) is 13.4. The summed E-state index contributed by atoms with van der Waals surface area (Å²) in [6, 6.07) is 7.30. The molecule has 21 heavy (non-hydrogen) atoms. The minimum Gasteiger partial charge on any atom is -0.480 e. The van der Waals surface area contributed by atoms with Crippen molar-refractivity contribution in [3.63, 3.8) is 0 Å². The highest BCUT2D eigenvalue weighted by molar-refractivity contribution is 6.33. The third-order valence-corrected chi connectivity index (χ3v) is 2.93. The Balaban J connectivity index is 2.38. The van der Waals surface area contributed by atoms with Crippen molar-refractivity contribution in [2.24, 2.45) is 0 Å². The molecule has 1 amide bonds. The molecular weight excluding hydrogens is 298 g/mol. The SMILES string of the molecule is COc1ncccc1NC(=O)c1cccc(Cl)c1[N+](=O)[O-]. The van der Waals surface area contributed by atoms with Gasteiger partial charge in [-0.05, 0) is 24.3 Å².